The van der Waals surface area contributed by atoms with Gasteiger partial charge in [0, 0.05) is 6.42 Å². The van der Waals surface area contributed by atoms with E-state index >= 15 is 0 Å². The lowest BCUT2D eigenvalue weighted by molar-refractivity contribution is -0.228. The zero-order valence-electron chi connectivity index (χ0n) is 9.74. The van der Waals surface area contributed by atoms with E-state index in [0.29, 0.717) is 12.8 Å². The summed E-state index contributed by atoms with van der Waals surface area (Å²) in [6.07, 6.45) is 0.964. The monoisotopic (exact) mass is 217 g/mol. The van der Waals surface area contributed by atoms with Crippen LogP contribution >= 0.6 is 0 Å². The normalized spacial score (nSPS) is 11.2. The van der Waals surface area contributed by atoms with Crippen LogP contribution < -0.4 is 0 Å². The van der Waals surface area contributed by atoms with Crippen LogP contribution in [0.2, 0.25) is 0 Å². The third kappa shape index (κ3) is 6.90. The number of carbonyl (C=O) groups excluding carboxylic acids is 1. The molecule has 5 nitrogen and oxygen atoms in total. The van der Waals surface area contributed by atoms with Crippen molar-refractivity contribution in [3.63, 3.8) is 0 Å². The molecule has 0 spiro atoms. The fourth-order valence-corrected chi connectivity index (χ4v) is 0.963. The Kier molecular flexibility index (Phi) is 5.28. The topological polar surface area (TPSA) is 66.8 Å². The molecule has 0 aliphatic rings. The van der Waals surface area contributed by atoms with Gasteiger partial charge in [-0.1, -0.05) is 6.92 Å². The molecule has 0 fully saturated rings. The van der Waals surface area contributed by atoms with Crippen molar-refractivity contribution in [2.24, 2.45) is 0 Å². The van der Waals surface area contributed by atoms with Crippen LogP contribution in [0.3, 0.4) is 0 Å². The molecule has 0 aromatic rings. The third-order valence-electron chi connectivity index (χ3n) is 1.40. The second-order valence-electron chi connectivity index (χ2n) is 4.28. The summed E-state index contributed by atoms with van der Waals surface area (Å²) in [5, 5.41) is 9.55. The first-order chi connectivity index (χ1) is 6.76. The molecule has 0 radical (unpaired) electrons. The highest BCUT2D eigenvalue weighted by Gasteiger charge is 2.23. The van der Waals surface area contributed by atoms with E-state index in [9.17, 15) is 9.59 Å². The minimum absolute atomic E-state index is 0.295. The smallest absolute Gasteiger partial charge is 0.325 e. The number of aliphatic carboxylic acids is 1. The molecule has 0 heterocycles. The highest BCUT2D eigenvalue weighted by atomic mass is 16.7. The predicted octanol–water partition coefficient (Wildman–Crippen LogP) is 1.43. The lowest BCUT2D eigenvalue weighted by Gasteiger charge is -2.28. The number of hydrogen-bond acceptors (Lipinski definition) is 3. The minimum atomic E-state index is -1.08. The first-order valence-electron chi connectivity index (χ1n) is 4.97. The van der Waals surface area contributed by atoms with Gasteiger partial charge in [0.15, 0.2) is 0 Å². The van der Waals surface area contributed by atoms with Crippen molar-refractivity contribution in [3.8, 4) is 0 Å². The average molecular weight is 217 g/mol. The molecular formula is C10H19NO4. The molecule has 0 aromatic carbocycles. The predicted molar refractivity (Wildman–Crippen MR) is 55.1 cm³/mol. The van der Waals surface area contributed by atoms with Gasteiger partial charge in [0.25, 0.3) is 0 Å². The molecule has 5 heteroatoms. The number of hydrogen-bond donors (Lipinski definition) is 1. The lowest BCUT2D eigenvalue weighted by atomic mass is 10.2. The Hall–Kier alpha value is -1.10. The molecule has 0 atom stereocenters. The molecular weight excluding hydrogens is 198 g/mol. The number of carboxylic acids is 1. The minimum Gasteiger partial charge on any atom is -0.480 e. The quantitative estimate of drug-likeness (QED) is 0.707. The Morgan fingerprint density at radius 2 is 1.87 bits per heavy atom. The largest absolute Gasteiger partial charge is 0.480 e. The molecule has 1 amide bonds. The van der Waals surface area contributed by atoms with E-state index in [2.05, 4.69) is 0 Å². The molecule has 1 N–H and O–H groups in total. The second kappa shape index (κ2) is 5.70. The third-order valence-corrected chi connectivity index (χ3v) is 1.40. The van der Waals surface area contributed by atoms with Crippen molar-refractivity contribution >= 4 is 11.9 Å². The van der Waals surface area contributed by atoms with Crippen LogP contribution in [0.5, 0.6) is 0 Å². The van der Waals surface area contributed by atoms with Crippen molar-refractivity contribution in [3.05, 3.63) is 0 Å². The summed E-state index contributed by atoms with van der Waals surface area (Å²) in [5.74, 6) is -1.38. The number of amides is 1. The Morgan fingerprint density at radius 3 is 2.20 bits per heavy atom. The van der Waals surface area contributed by atoms with E-state index in [-0.39, 0.29) is 5.91 Å². The molecule has 0 unspecified atom stereocenters. The van der Waals surface area contributed by atoms with Crippen molar-refractivity contribution in [1.82, 2.24) is 5.06 Å². The number of carbonyl (C=O) groups is 2. The molecule has 15 heavy (non-hydrogen) atoms. The van der Waals surface area contributed by atoms with Gasteiger partial charge < -0.3 is 5.11 Å². The molecule has 88 valence electrons. The van der Waals surface area contributed by atoms with E-state index in [1.807, 2.05) is 6.92 Å². The average Bonchev–Trinajstić information content (AvgIpc) is 1.99. The van der Waals surface area contributed by atoms with E-state index in [1.165, 1.54) is 0 Å². The van der Waals surface area contributed by atoms with Gasteiger partial charge >= 0.3 is 5.97 Å². The highest BCUT2D eigenvalue weighted by Crippen LogP contribution is 2.11. The van der Waals surface area contributed by atoms with E-state index in [0.717, 1.165) is 5.06 Å². The Balaban J connectivity index is 4.44. The van der Waals surface area contributed by atoms with Gasteiger partial charge in [0.1, 0.15) is 6.54 Å². The Labute approximate surface area is 90.0 Å². The van der Waals surface area contributed by atoms with Crippen LogP contribution in [0.25, 0.3) is 0 Å². The summed E-state index contributed by atoms with van der Waals surface area (Å²) >= 11 is 0. The number of carboxylic acid groups (broad SMARTS) is 1. The summed E-state index contributed by atoms with van der Waals surface area (Å²) in [5.41, 5.74) is -0.571. The number of rotatable bonds is 5. The van der Waals surface area contributed by atoms with Gasteiger partial charge in [-0.05, 0) is 27.2 Å². The van der Waals surface area contributed by atoms with Gasteiger partial charge in [-0.3, -0.25) is 14.4 Å². The van der Waals surface area contributed by atoms with Crippen LogP contribution in [-0.4, -0.2) is 34.2 Å². The Bertz CT molecular complexity index is 232. The zero-order valence-corrected chi connectivity index (χ0v) is 9.74. The maximum atomic E-state index is 11.5. The van der Waals surface area contributed by atoms with Gasteiger partial charge in [-0.25, -0.2) is 5.06 Å². The highest BCUT2D eigenvalue weighted by molar-refractivity contribution is 5.80. The first-order valence-corrected chi connectivity index (χ1v) is 4.97. The molecule has 0 aliphatic carbocycles. The fraction of sp³-hybridized carbons (Fsp3) is 0.800. The number of nitrogens with zero attached hydrogens (tertiary/aromatic N) is 1. The van der Waals surface area contributed by atoms with Crippen LogP contribution in [0, 0.1) is 0 Å². The lowest BCUT2D eigenvalue weighted by Crippen LogP contribution is -2.41. The summed E-state index contributed by atoms with van der Waals surface area (Å²) < 4.78 is 0. The van der Waals surface area contributed by atoms with Crippen molar-refractivity contribution in [2.45, 2.75) is 46.1 Å². The van der Waals surface area contributed by atoms with Crippen LogP contribution in [-0.2, 0) is 14.4 Å². The molecule has 0 rings (SSSR count). The molecule has 0 saturated carbocycles. The van der Waals surface area contributed by atoms with E-state index < -0.39 is 18.1 Å². The van der Waals surface area contributed by atoms with E-state index in [1.54, 1.807) is 20.8 Å². The Morgan fingerprint density at radius 1 is 1.33 bits per heavy atom. The van der Waals surface area contributed by atoms with Crippen molar-refractivity contribution < 1.29 is 19.5 Å². The van der Waals surface area contributed by atoms with Crippen LogP contribution in [0.15, 0.2) is 0 Å². The van der Waals surface area contributed by atoms with Crippen LogP contribution in [0.4, 0.5) is 0 Å². The van der Waals surface area contributed by atoms with Gasteiger partial charge in [0.05, 0.1) is 5.60 Å². The molecule has 0 bridgehead atoms. The molecule has 0 aromatic heterocycles. The van der Waals surface area contributed by atoms with Gasteiger partial charge in [-0.2, -0.15) is 0 Å². The summed E-state index contributed by atoms with van der Waals surface area (Å²) in [4.78, 5) is 27.3. The summed E-state index contributed by atoms with van der Waals surface area (Å²) in [7, 11) is 0. The van der Waals surface area contributed by atoms with Crippen molar-refractivity contribution in [2.75, 3.05) is 6.54 Å². The second-order valence-corrected chi connectivity index (χ2v) is 4.28. The molecule has 0 saturated heterocycles. The summed E-state index contributed by atoms with van der Waals surface area (Å²) in [6.45, 7) is 6.73. The zero-order chi connectivity index (χ0) is 12.1. The van der Waals surface area contributed by atoms with Crippen molar-refractivity contribution in [1.29, 1.82) is 0 Å². The number of hydroxylamine groups is 2. The van der Waals surface area contributed by atoms with Gasteiger partial charge in [-0.15, -0.1) is 0 Å². The SMILES string of the molecule is CCCC(=O)N(CC(=O)O)OC(C)(C)C. The van der Waals surface area contributed by atoms with E-state index in [4.69, 9.17) is 9.94 Å². The fourth-order valence-electron chi connectivity index (χ4n) is 0.963. The van der Waals surface area contributed by atoms with Crippen LogP contribution in [0.1, 0.15) is 40.5 Å². The molecule has 0 aliphatic heterocycles. The maximum absolute atomic E-state index is 11.5. The maximum Gasteiger partial charge on any atom is 0.325 e. The standard InChI is InChI=1S/C10H19NO4/c1-5-6-8(12)11(7-9(13)14)15-10(2,3)4/h5-7H2,1-4H3,(H,13,14). The summed E-state index contributed by atoms with van der Waals surface area (Å²) in [6, 6.07) is 0. The van der Waals surface area contributed by atoms with Gasteiger partial charge in [0.2, 0.25) is 5.91 Å². The first kappa shape index (κ1) is 13.9.